The first-order valence-electron chi connectivity index (χ1n) is 9.61. The van der Waals surface area contributed by atoms with Crippen molar-refractivity contribution in [3.05, 3.63) is 47.6 Å². The second kappa shape index (κ2) is 7.90. The lowest BCUT2D eigenvalue weighted by Gasteiger charge is -2.23. The van der Waals surface area contributed by atoms with E-state index >= 15 is 0 Å². The highest BCUT2D eigenvalue weighted by molar-refractivity contribution is 5.89. The van der Waals surface area contributed by atoms with E-state index in [1.54, 1.807) is 0 Å². The molecule has 1 N–H and O–H groups in total. The second-order valence-electron chi connectivity index (χ2n) is 7.37. The van der Waals surface area contributed by atoms with Gasteiger partial charge in [0, 0.05) is 25.4 Å². The third-order valence-electron chi connectivity index (χ3n) is 5.42. The Morgan fingerprint density at radius 3 is 2.78 bits per heavy atom. The standard InChI is InChI=1S/C20H24N4O3/c25-19-11-15(13-24(19)16-8-4-5-9-16)20(26)21-12-18-22-17(23-27-18)10-14-6-2-1-3-7-14/h1-3,6-7,15-16H,4-5,8-13H2,(H,21,26)/t15-/m1/s1. The molecule has 0 unspecified atom stereocenters. The van der Waals surface area contributed by atoms with E-state index in [1.807, 2.05) is 35.2 Å². The molecule has 1 aromatic heterocycles. The van der Waals surface area contributed by atoms with E-state index in [2.05, 4.69) is 15.5 Å². The van der Waals surface area contributed by atoms with E-state index in [-0.39, 0.29) is 24.3 Å². The van der Waals surface area contributed by atoms with E-state index < -0.39 is 0 Å². The molecule has 4 rings (SSSR count). The van der Waals surface area contributed by atoms with Crippen LogP contribution in [0.3, 0.4) is 0 Å². The molecule has 1 aliphatic heterocycles. The maximum absolute atomic E-state index is 12.4. The van der Waals surface area contributed by atoms with Crippen molar-refractivity contribution in [1.82, 2.24) is 20.4 Å². The average molecular weight is 368 g/mol. The minimum atomic E-state index is -0.287. The first-order valence-corrected chi connectivity index (χ1v) is 9.61. The largest absolute Gasteiger partial charge is 0.347 e. The molecular weight excluding hydrogens is 344 g/mol. The summed E-state index contributed by atoms with van der Waals surface area (Å²) in [6, 6.07) is 10.2. The zero-order valence-electron chi connectivity index (χ0n) is 15.3. The van der Waals surface area contributed by atoms with Crippen LogP contribution >= 0.6 is 0 Å². The Labute approximate surface area is 158 Å². The Balaban J connectivity index is 1.28. The molecule has 142 valence electrons. The van der Waals surface area contributed by atoms with Crippen LogP contribution < -0.4 is 5.32 Å². The van der Waals surface area contributed by atoms with E-state index in [9.17, 15) is 9.59 Å². The summed E-state index contributed by atoms with van der Waals surface area (Å²) >= 11 is 0. The summed E-state index contributed by atoms with van der Waals surface area (Å²) in [4.78, 5) is 30.9. The van der Waals surface area contributed by atoms with Gasteiger partial charge in [-0.2, -0.15) is 4.98 Å². The second-order valence-corrected chi connectivity index (χ2v) is 7.37. The van der Waals surface area contributed by atoms with Crippen LogP contribution in [0.4, 0.5) is 0 Å². The van der Waals surface area contributed by atoms with Gasteiger partial charge in [-0.25, -0.2) is 0 Å². The van der Waals surface area contributed by atoms with Crippen molar-refractivity contribution in [3.8, 4) is 0 Å². The molecule has 1 aromatic carbocycles. The van der Waals surface area contributed by atoms with Crippen LogP contribution in [0.25, 0.3) is 0 Å². The number of nitrogens with one attached hydrogen (secondary N) is 1. The fourth-order valence-corrected chi connectivity index (χ4v) is 4.00. The Morgan fingerprint density at radius 2 is 2.00 bits per heavy atom. The van der Waals surface area contributed by atoms with Gasteiger partial charge in [0.1, 0.15) is 0 Å². The zero-order chi connectivity index (χ0) is 18.6. The molecule has 27 heavy (non-hydrogen) atoms. The summed E-state index contributed by atoms with van der Waals surface area (Å²) in [6.45, 7) is 0.715. The van der Waals surface area contributed by atoms with Crippen molar-refractivity contribution < 1.29 is 14.1 Å². The van der Waals surface area contributed by atoms with E-state index in [4.69, 9.17) is 4.52 Å². The summed E-state index contributed by atoms with van der Waals surface area (Å²) in [5.41, 5.74) is 1.10. The summed E-state index contributed by atoms with van der Waals surface area (Å²) in [5, 5.41) is 6.80. The number of carbonyl (C=O) groups excluding carboxylic acids is 2. The Bertz CT molecular complexity index is 799. The van der Waals surface area contributed by atoms with Gasteiger partial charge in [-0.1, -0.05) is 48.3 Å². The summed E-state index contributed by atoms with van der Waals surface area (Å²) < 4.78 is 5.22. The van der Waals surface area contributed by atoms with Crippen LogP contribution in [-0.4, -0.2) is 39.4 Å². The van der Waals surface area contributed by atoms with E-state index in [0.29, 0.717) is 37.1 Å². The number of carbonyl (C=O) groups is 2. The van der Waals surface area contributed by atoms with Crippen LogP contribution in [0.1, 0.15) is 49.4 Å². The Kier molecular flexibility index (Phi) is 5.18. The number of benzene rings is 1. The molecule has 1 atom stereocenters. The van der Waals surface area contributed by atoms with Gasteiger partial charge in [0.25, 0.3) is 0 Å². The first-order chi connectivity index (χ1) is 13.2. The number of hydrogen-bond acceptors (Lipinski definition) is 5. The molecule has 1 saturated heterocycles. The molecule has 2 amide bonds. The number of hydrogen-bond donors (Lipinski definition) is 1. The normalized spacial score (nSPS) is 20.4. The van der Waals surface area contributed by atoms with Gasteiger partial charge in [-0.3, -0.25) is 9.59 Å². The van der Waals surface area contributed by atoms with E-state index in [0.717, 1.165) is 18.4 Å². The van der Waals surface area contributed by atoms with Gasteiger partial charge in [0.2, 0.25) is 17.7 Å². The summed E-state index contributed by atoms with van der Waals surface area (Å²) in [7, 11) is 0. The first kappa shape index (κ1) is 17.7. The number of amides is 2. The van der Waals surface area contributed by atoms with Crippen LogP contribution in [0, 0.1) is 5.92 Å². The van der Waals surface area contributed by atoms with Crippen LogP contribution in [0.15, 0.2) is 34.9 Å². The molecule has 2 aliphatic rings. The van der Waals surface area contributed by atoms with Crippen molar-refractivity contribution in [1.29, 1.82) is 0 Å². The minimum Gasteiger partial charge on any atom is -0.347 e. The zero-order valence-corrected chi connectivity index (χ0v) is 15.3. The van der Waals surface area contributed by atoms with Gasteiger partial charge in [0.15, 0.2) is 5.82 Å². The Hall–Kier alpha value is -2.70. The van der Waals surface area contributed by atoms with Gasteiger partial charge in [-0.15, -0.1) is 0 Å². The number of nitrogens with zero attached hydrogens (tertiary/aromatic N) is 3. The monoisotopic (exact) mass is 368 g/mol. The third kappa shape index (κ3) is 4.18. The van der Waals surface area contributed by atoms with Crippen LogP contribution in [0.5, 0.6) is 0 Å². The fourth-order valence-electron chi connectivity index (χ4n) is 4.00. The van der Waals surface area contributed by atoms with E-state index in [1.165, 1.54) is 12.8 Å². The smallest absolute Gasteiger partial charge is 0.246 e. The van der Waals surface area contributed by atoms with Crippen molar-refractivity contribution in [3.63, 3.8) is 0 Å². The molecular formula is C20H24N4O3. The van der Waals surface area contributed by atoms with Gasteiger partial charge in [0.05, 0.1) is 12.5 Å². The highest BCUT2D eigenvalue weighted by Crippen LogP contribution is 2.29. The summed E-state index contributed by atoms with van der Waals surface area (Å²) in [6.07, 6.45) is 5.36. The highest BCUT2D eigenvalue weighted by atomic mass is 16.5. The van der Waals surface area contributed by atoms with Crippen molar-refractivity contribution in [2.24, 2.45) is 5.92 Å². The highest BCUT2D eigenvalue weighted by Gasteiger charge is 2.38. The van der Waals surface area contributed by atoms with Gasteiger partial charge < -0.3 is 14.7 Å². The SMILES string of the molecule is O=C(NCc1nc(Cc2ccccc2)no1)[C@@H]1CC(=O)N(C2CCCC2)C1. The predicted octanol–water partition coefficient (Wildman–Crippen LogP) is 2.07. The quantitative estimate of drug-likeness (QED) is 0.843. The Morgan fingerprint density at radius 1 is 1.22 bits per heavy atom. The third-order valence-corrected chi connectivity index (χ3v) is 5.42. The fraction of sp³-hybridized carbons (Fsp3) is 0.500. The predicted molar refractivity (Wildman–Crippen MR) is 97.5 cm³/mol. The molecule has 2 heterocycles. The summed E-state index contributed by atoms with van der Waals surface area (Å²) in [5.74, 6) is 0.668. The lowest BCUT2D eigenvalue weighted by Crippen LogP contribution is -2.36. The molecule has 7 heteroatoms. The molecule has 7 nitrogen and oxygen atoms in total. The number of likely N-dealkylation sites (tertiary alicyclic amines) is 1. The molecule has 0 radical (unpaired) electrons. The lowest BCUT2D eigenvalue weighted by molar-refractivity contribution is -0.130. The van der Waals surface area contributed by atoms with Crippen molar-refractivity contribution in [2.45, 2.75) is 51.1 Å². The maximum Gasteiger partial charge on any atom is 0.246 e. The number of aromatic nitrogens is 2. The number of rotatable bonds is 6. The van der Waals surface area contributed by atoms with Crippen LogP contribution in [0.2, 0.25) is 0 Å². The molecule has 1 saturated carbocycles. The average Bonchev–Trinajstić information content (AvgIpc) is 3.41. The molecule has 2 fully saturated rings. The van der Waals surface area contributed by atoms with Crippen molar-refractivity contribution >= 4 is 11.8 Å². The molecule has 2 aromatic rings. The van der Waals surface area contributed by atoms with Crippen LogP contribution in [-0.2, 0) is 22.6 Å². The maximum atomic E-state index is 12.4. The van der Waals surface area contributed by atoms with Crippen molar-refractivity contribution in [2.75, 3.05) is 6.54 Å². The van der Waals surface area contributed by atoms with Gasteiger partial charge in [-0.05, 0) is 18.4 Å². The minimum absolute atomic E-state index is 0.102. The molecule has 1 aliphatic carbocycles. The molecule has 0 spiro atoms. The lowest BCUT2D eigenvalue weighted by atomic mass is 10.1. The molecule has 0 bridgehead atoms. The van der Waals surface area contributed by atoms with Gasteiger partial charge >= 0.3 is 0 Å². The topological polar surface area (TPSA) is 88.3 Å².